The SMILES string of the molecule is O=C(Nc1nc(-c2ccc(Cl)cc2Cl)cs1)C1=CN2CCS(=O)(=O)N=C2C=C1. The van der Waals surface area contributed by atoms with Gasteiger partial charge in [0.05, 0.1) is 22.0 Å². The third-order valence-corrected chi connectivity index (χ3v) is 6.49. The molecular formula is C17H12Cl2N4O3S2. The number of fused-ring (bicyclic) bond motifs is 1. The van der Waals surface area contributed by atoms with Crippen LogP contribution in [-0.2, 0) is 14.8 Å². The molecule has 0 spiro atoms. The maximum atomic E-state index is 12.5. The summed E-state index contributed by atoms with van der Waals surface area (Å²) in [6.07, 6.45) is 4.61. The van der Waals surface area contributed by atoms with Crippen LogP contribution in [0.3, 0.4) is 0 Å². The zero-order chi connectivity index (χ0) is 19.9. The Bertz CT molecular complexity index is 1170. The average Bonchev–Trinajstić information content (AvgIpc) is 3.08. The molecular weight excluding hydrogens is 443 g/mol. The van der Waals surface area contributed by atoms with Gasteiger partial charge in [-0.05, 0) is 30.4 Å². The lowest BCUT2D eigenvalue weighted by Crippen LogP contribution is -2.37. The normalized spacial score (nSPS) is 17.6. The number of benzene rings is 1. The summed E-state index contributed by atoms with van der Waals surface area (Å²) in [6.45, 7) is 0.249. The van der Waals surface area contributed by atoms with Crippen LogP contribution in [0, 0.1) is 0 Å². The molecule has 0 saturated heterocycles. The van der Waals surface area contributed by atoms with Gasteiger partial charge in [-0.2, -0.15) is 0 Å². The lowest BCUT2D eigenvalue weighted by Gasteiger charge is -2.26. The Labute approximate surface area is 175 Å². The van der Waals surface area contributed by atoms with Crippen molar-refractivity contribution in [3.63, 3.8) is 0 Å². The number of carbonyl (C=O) groups excluding carboxylic acids is 1. The number of nitrogens with one attached hydrogen (secondary N) is 1. The van der Waals surface area contributed by atoms with Gasteiger partial charge in [-0.15, -0.1) is 15.7 Å². The fourth-order valence-corrected chi connectivity index (χ4v) is 4.84. The van der Waals surface area contributed by atoms with Crippen LogP contribution >= 0.6 is 34.5 Å². The molecule has 1 aromatic carbocycles. The minimum absolute atomic E-state index is 0.0899. The Kier molecular flexibility index (Phi) is 5.00. The van der Waals surface area contributed by atoms with Gasteiger partial charge in [-0.25, -0.2) is 13.4 Å². The topological polar surface area (TPSA) is 91.7 Å². The summed E-state index contributed by atoms with van der Waals surface area (Å²) in [4.78, 5) is 18.6. The molecule has 0 fully saturated rings. The highest BCUT2D eigenvalue weighted by molar-refractivity contribution is 7.90. The number of aromatic nitrogens is 1. The molecule has 0 saturated carbocycles. The first-order chi connectivity index (χ1) is 13.3. The molecule has 3 heterocycles. The number of hydrogen-bond donors (Lipinski definition) is 1. The molecule has 0 aliphatic carbocycles. The molecule has 0 atom stereocenters. The van der Waals surface area contributed by atoms with Gasteiger partial charge in [0.15, 0.2) is 5.13 Å². The van der Waals surface area contributed by atoms with Gasteiger partial charge in [-0.1, -0.05) is 23.2 Å². The number of rotatable bonds is 3. The van der Waals surface area contributed by atoms with Gasteiger partial charge in [-0.3, -0.25) is 10.1 Å². The zero-order valence-electron chi connectivity index (χ0n) is 14.1. The maximum Gasteiger partial charge on any atom is 0.258 e. The van der Waals surface area contributed by atoms with Crippen LogP contribution in [0.4, 0.5) is 5.13 Å². The van der Waals surface area contributed by atoms with E-state index in [9.17, 15) is 13.2 Å². The second-order valence-corrected chi connectivity index (χ2v) is 9.42. The molecule has 0 unspecified atom stereocenters. The van der Waals surface area contributed by atoms with Crippen molar-refractivity contribution in [2.75, 3.05) is 17.6 Å². The van der Waals surface area contributed by atoms with Crippen LogP contribution in [-0.4, -0.2) is 42.3 Å². The average molecular weight is 455 g/mol. The van der Waals surface area contributed by atoms with Gasteiger partial charge in [0.1, 0.15) is 5.84 Å². The van der Waals surface area contributed by atoms with E-state index in [0.29, 0.717) is 32.3 Å². The summed E-state index contributed by atoms with van der Waals surface area (Å²) in [6, 6.07) is 5.12. The van der Waals surface area contributed by atoms with Crippen molar-refractivity contribution in [1.82, 2.24) is 9.88 Å². The number of amides is 1. The molecule has 2 aromatic rings. The number of carbonyl (C=O) groups is 1. The molecule has 28 heavy (non-hydrogen) atoms. The third-order valence-electron chi connectivity index (χ3n) is 4.02. The largest absolute Gasteiger partial charge is 0.330 e. The fourth-order valence-electron chi connectivity index (χ4n) is 2.66. The number of halogens is 2. The van der Waals surface area contributed by atoms with E-state index in [-0.39, 0.29) is 18.2 Å². The first kappa shape index (κ1) is 19.1. The number of nitrogens with zero attached hydrogens (tertiary/aromatic N) is 3. The molecule has 144 valence electrons. The lowest BCUT2D eigenvalue weighted by molar-refractivity contribution is -0.112. The van der Waals surface area contributed by atoms with E-state index >= 15 is 0 Å². The number of thiazole rings is 1. The second-order valence-electron chi connectivity index (χ2n) is 5.96. The summed E-state index contributed by atoms with van der Waals surface area (Å²) < 4.78 is 26.8. The van der Waals surface area contributed by atoms with Crippen LogP contribution in [0.25, 0.3) is 11.3 Å². The number of hydrogen-bond acceptors (Lipinski definition) is 6. The van der Waals surface area contributed by atoms with Crippen LogP contribution < -0.4 is 5.32 Å². The van der Waals surface area contributed by atoms with Crippen molar-refractivity contribution >= 4 is 61.4 Å². The van der Waals surface area contributed by atoms with Crippen LogP contribution in [0.2, 0.25) is 10.0 Å². The van der Waals surface area contributed by atoms with Crippen molar-refractivity contribution in [3.8, 4) is 11.3 Å². The number of anilines is 1. The highest BCUT2D eigenvalue weighted by Gasteiger charge is 2.25. The van der Waals surface area contributed by atoms with Gasteiger partial charge in [0.2, 0.25) is 0 Å². The second kappa shape index (κ2) is 7.32. The molecule has 1 N–H and O–H groups in total. The maximum absolute atomic E-state index is 12.5. The van der Waals surface area contributed by atoms with Crippen molar-refractivity contribution in [2.24, 2.45) is 4.40 Å². The smallest absolute Gasteiger partial charge is 0.258 e. The number of amidine groups is 1. The predicted octanol–water partition coefficient (Wildman–Crippen LogP) is 3.55. The lowest BCUT2D eigenvalue weighted by atomic mass is 10.2. The van der Waals surface area contributed by atoms with Gasteiger partial charge in [0.25, 0.3) is 15.9 Å². The van der Waals surface area contributed by atoms with Crippen LogP contribution in [0.1, 0.15) is 0 Å². The molecule has 2 aliphatic heterocycles. The summed E-state index contributed by atoms with van der Waals surface area (Å²) in [5.74, 6) is -0.142. The highest BCUT2D eigenvalue weighted by atomic mass is 35.5. The zero-order valence-corrected chi connectivity index (χ0v) is 17.2. The minimum Gasteiger partial charge on any atom is -0.330 e. The molecule has 1 aromatic heterocycles. The van der Waals surface area contributed by atoms with Crippen molar-refractivity contribution in [1.29, 1.82) is 0 Å². The Hall–Kier alpha value is -2.20. The first-order valence-corrected chi connectivity index (χ1v) is 11.3. The summed E-state index contributed by atoms with van der Waals surface area (Å²) in [5, 5.41) is 5.95. The third kappa shape index (κ3) is 3.97. The van der Waals surface area contributed by atoms with E-state index in [1.807, 2.05) is 0 Å². The quantitative estimate of drug-likeness (QED) is 0.765. The summed E-state index contributed by atoms with van der Waals surface area (Å²) in [7, 11) is -3.43. The molecule has 0 bridgehead atoms. The fraction of sp³-hybridized carbons (Fsp3) is 0.118. The minimum atomic E-state index is -3.43. The van der Waals surface area contributed by atoms with Crippen molar-refractivity contribution in [3.05, 3.63) is 57.5 Å². The number of sulfonamides is 1. The van der Waals surface area contributed by atoms with Crippen LogP contribution in [0.5, 0.6) is 0 Å². The summed E-state index contributed by atoms with van der Waals surface area (Å²) in [5.41, 5.74) is 1.72. The summed E-state index contributed by atoms with van der Waals surface area (Å²) >= 11 is 13.4. The monoisotopic (exact) mass is 454 g/mol. The molecule has 0 radical (unpaired) electrons. The molecule has 1 amide bonds. The van der Waals surface area contributed by atoms with Gasteiger partial charge < -0.3 is 4.90 Å². The van der Waals surface area contributed by atoms with E-state index in [2.05, 4.69) is 14.7 Å². The van der Waals surface area contributed by atoms with Gasteiger partial charge >= 0.3 is 0 Å². The van der Waals surface area contributed by atoms with Crippen LogP contribution in [0.15, 0.2) is 51.9 Å². The van der Waals surface area contributed by atoms with E-state index in [1.54, 1.807) is 34.7 Å². The Morgan fingerprint density at radius 3 is 2.86 bits per heavy atom. The molecule has 4 rings (SSSR count). The molecule has 7 nitrogen and oxygen atoms in total. The molecule has 2 aliphatic rings. The van der Waals surface area contributed by atoms with E-state index in [1.165, 1.54) is 23.5 Å². The predicted molar refractivity (Wildman–Crippen MR) is 111 cm³/mol. The highest BCUT2D eigenvalue weighted by Crippen LogP contribution is 2.32. The van der Waals surface area contributed by atoms with E-state index in [4.69, 9.17) is 23.2 Å². The Morgan fingerprint density at radius 1 is 1.25 bits per heavy atom. The van der Waals surface area contributed by atoms with Gasteiger partial charge in [0, 0.05) is 28.7 Å². The Morgan fingerprint density at radius 2 is 2.07 bits per heavy atom. The van der Waals surface area contributed by atoms with E-state index < -0.39 is 10.0 Å². The van der Waals surface area contributed by atoms with Crippen molar-refractivity contribution < 1.29 is 13.2 Å². The van der Waals surface area contributed by atoms with Crippen molar-refractivity contribution in [2.45, 2.75) is 0 Å². The molecule has 11 heteroatoms. The first-order valence-electron chi connectivity index (χ1n) is 8.02. The van der Waals surface area contributed by atoms with E-state index in [0.717, 1.165) is 5.56 Å². The Balaban J connectivity index is 1.50. The standard InChI is InChI=1S/C17H12Cl2N4O3S2/c18-11-2-3-12(13(19)7-11)14-9-27-17(20-14)21-16(24)10-1-4-15-22-28(25,26)6-5-23(15)8-10/h1-4,7-9H,5-6H2,(H,20,21,24).